The molecule has 0 unspecified atom stereocenters. The smallest absolute Gasteiger partial charge is 0.339 e. The van der Waals surface area contributed by atoms with E-state index in [0.29, 0.717) is 54.0 Å². The first-order valence-electron chi connectivity index (χ1n) is 16.3. The number of carbonyl (C=O) groups excluding carboxylic acids is 2. The number of fused-ring (bicyclic) bond motifs is 2. The van der Waals surface area contributed by atoms with Crippen LogP contribution >= 0.6 is 23.2 Å². The molecule has 0 bridgehead atoms. The molecule has 0 spiro atoms. The van der Waals surface area contributed by atoms with Crippen molar-refractivity contribution in [2.75, 3.05) is 42.7 Å². The van der Waals surface area contributed by atoms with Gasteiger partial charge in [-0.3, -0.25) is 0 Å². The van der Waals surface area contributed by atoms with Crippen LogP contribution in [0.2, 0.25) is 10.0 Å². The van der Waals surface area contributed by atoms with Crippen molar-refractivity contribution in [3.63, 3.8) is 0 Å². The molecular formula is C37H41Cl2N4O5+. The Morgan fingerprint density at radius 2 is 1.40 bits per heavy atom. The normalized spacial score (nSPS) is 13.5. The molecule has 0 radical (unpaired) electrons. The number of allylic oxidation sites excluding steroid dienone is 2. The number of aromatic nitrogens is 2. The second-order valence-corrected chi connectivity index (χ2v) is 11.7. The number of imidazole rings is 1. The Kier molecular flexibility index (Phi) is 11.3. The van der Waals surface area contributed by atoms with E-state index in [0.717, 1.165) is 39.8 Å². The second kappa shape index (κ2) is 15.6. The van der Waals surface area contributed by atoms with Gasteiger partial charge >= 0.3 is 11.9 Å². The zero-order valence-corrected chi connectivity index (χ0v) is 29.5. The van der Waals surface area contributed by atoms with E-state index in [4.69, 9.17) is 37.4 Å². The molecule has 1 aromatic heterocycles. The van der Waals surface area contributed by atoms with Gasteiger partial charge < -0.3 is 24.0 Å². The Hall–Kier alpha value is -4.47. The summed E-state index contributed by atoms with van der Waals surface area (Å²) in [4.78, 5) is 29.8. The fraction of sp³-hybridized carbons (Fsp3) is 0.324. The van der Waals surface area contributed by atoms with Crippen molar-refractivity contribution in [1.29, 1.82) is 0 Å². The van der Waals surface area contributed by atoms with Gasteiger partial charge in [0.1, 0.15) is 24.7 Å². The fourth-order valence-corrected chi connectivity index (χ4v) is 6.54. The largest absolute Gasteiger partial charge is 0.489 e. The van der Waals surface area contributed by atoms with E-state index in [2.05, 4.69) is 51.9 Å². The van der Waals surface area contributed by atoms with Gasteiger partial charge in [0.05, 0.1) is 52.3 Å². The summed E-state index contributed by atoms with van der Waals surface area (Å²) in [5, 5.41) is 0.686. The Morgan fingerprint density at radius 3 is 2.00 bits per heavy atom. The van der Waals surface area contributed by atoms with Crippen molar-refractivity contribution in [2.45, 2.75) is 47.7 Å². The molecule has 9 nitrogen and oxygen atoms in total. The summed E-state index contributed by atoms with van der Waals surface area (Å²) in [6, 6.07) is 16.9. The molecule has 0 fully saturated rings. The monoisotopic (exact) mass is 691 g/mol. The number of hydrogen-bond donors (Lipinski definition) is 0. The van der Waals surface area contributed by atoms with E-state index in [1.165, 1.54) is 0 Å². The zero-order chi connectivity index (χ0) is 34.4. The van der Waals surface area contributed by atoms with Crippen LogP contribution in [0.15, 0.2) is 72.6 Å². The Balaban J connectivity index is 1.57. The third-order valence-corrected chi connectivity index (χ3v) is 8.78. The van der Waals surface area contributed by atoms with E-state index in [-0.39, 0.29) is 13.2 Å². The molecule has 0 saturated carbocycles. The van der Waals surface area contributed by atoms with Crippen LogP contribution in [-0.2, 0) is 22.6 Å². The van der Waals surface area contributed by atoms with Crippen molar-refractivity contribution in [1.82, 2.24) is 4.57 Å². The molecule has 5 rings (SSSR count). The number of aryl methyl sites for hydroxylation is 1. The number of rotatable bonds is 13. The summed E-state index contributed by atoms with van der Waals surface area (Å²) < 4.78 is 20.9. The maximum absolute atomic E-state index is 12.8. The number of hydrogen-bond acceptors (Lipinski definition) is 7. The average Bonchev–Trinajstić information content (AvgIpc) is 3.53. The van der Waals surface area contributed by atoms with Crippen LogP contribution in [0.1, 0.15) is 61.2 Å². The molecule has 3 aromatic carbocycles. The summed E-state index contributed by atoms with van der Waals surface area (Å²) in [7, 11) is 0. The first kappa shape index (κ1) is 34.9. The van der Waals surface area contributed by atoms with Gasteiger partial charge in [0.25, 0.3) is 5.82 Å². The third-order valence-electron chi connectivity index (χ3n) is 8.15. The van der Waals surface area contributed by atoms with Crippen LogP contribution in [-0.4, -0.2) is 49.4 Å². The van der Waals surface area contributed by atoms with Crippen molar-refractivity contribution >= 4 is 63.6 Å². The van der Waals surface area contributed by atoms with Crippen LogP contribution in [0.3, 0.4) is 0 Å². The SMILES string of the molecule is CCOC(=O)c1cc2c(cc1Cl)N(CC)C(=CC=Cc1n(CC)c3cc(Cl)c(C(=O)OCC)cc3[n+]1CCOc1ccccc1)N2CC. The lowest BCUT2D eigenvalue weighted by atomic mass is 10.1. The van der Waals surface area contributed by atoms with Crippen LogP contribution in [0, 0.1) is 0 Å². The predicted molar refractivity (Wildman–Crippen MR) is 191 cm³/mol. The van der Waals surface area contributed by atoms with Gasteiger partial charge in [-0.15, -0.1) is 0 Å². The molecule has 1 aliphatic rings. The first-order valence-corrected chi connectivity index (χ1v) is 17.1. The predicted octanol–water partition coefficient (Wildman–Crippen LogP) is 7.91. The van der Waals surface area contributed by atoms with Crippen LogP contribution in [0.5, 0.6) is 5.75 Å². The topological polar surface area (TPSA) is 77.1 Å². The molecule has 4 aromatic rings. The lowest BCUT2D eigenvalue weighted by Crippen LogP contribution is -2.39. The molecule has 0 N–H and O–H groups in total. The van der Waals surface area contributed by atoms with E-state index in [1.54, 1.807) is 19.9 Å². The third kappa shape index (κ3) is 6.89. The highest BCUT2D eigenvalue weighted by Gasteiger charge is 2.32. The highest BCUT2D eigenvalue weighted by Crippen LogP contribution is 2.44. The standard InChI is InChI=1S/C37H41Cl2N4O5/c1-6-40-30-21-26(36(44)46-9-4)28(38)23-32(30)41(7-2)34(40)17-14-18-35-42(8-3)33-24-29(39)27(37(45)47-10-5)22-31(33)43(35)19-20-48-25-15-12-11-13-16-25/h11-18,21-24H,6-10,19-20H2,1-5H3/q+1. The van der Waals surface area contributed by atoms with Gasteiger partial charge in [0.2, 0.25) is 0 Å². The quantitative estimate of drug-likeness (QED) is 0.104. The van der Waals surface area contributed by atoms with Gasteiger partial charge in [-0.2, -0.15) is 0 Å². The van der Waals surface area contributed by atoms with Gasteiger partial charge in [0, 0.05) is 31.3 Å². The number of halogens is 2. The number of para-hydroxylation sites is 1. The molecular weight excluding hydrogens is 651 g/mol. The molecule has 252 valence electrons. The minimum absolute atomic E-state index is 0.251. The van der Waals surface area contributed by atoms with Gasteiger partial charge in [-0.25, -0.2) is 18.7 Å². The van der Waals surface area contributed by atoms with E-state index in [1.807, 2.05) is 54.6 Å². The molecule has 0 atom stereocenters. The van der Waals surface area contributed by atoms with Crippen LogP contribution in [0.4, 0.5) is 11.4 Å². The lowest BCUT2D eigenvalue weighted by molar-refractivity contribution is -0.674. The summed E-state index contributed by atoms with van der Waals surface area (Å²) in [5.74, 6) is 1.73. The number of nitrogens with zero attached hydrogens (tertiary/aromatic N) is 4. The molecule has 48 heavy (non-hydrogen) atoms. The fourth-order valence-electron chi connectivity index (χ4n) is 6.07. The van der Waals surface area contributed by atoms with Gasteiger partial charge in [-0.1, -0.05) is 47.5 Å². The summed E-state index contributed by atoms with van der Waals surface area (Å²) >= 11 is 13.2. The number of ether oxygens (including phenoxy) is 3. The first-order chi connectivity index (χ1) is 23.3. The Labute approximate surface area is 291 Å². The van der Waals surface area contributed by atoms with Crippen molar-refractivity contribution in [2.24, 2.45) is 0 Å². The summed E-state index contributed by atoms with van der Waals surface area (Å²) in [5.41, 5.74) is 4.21. The highest BCUT2D eigenvalue weighted by atomic mass is 35.5. The van der Waals surface area contributed by atoms with Crippen LogP contribution < -0.4 is 19.1 Å². The minimum Gasteiger partial charge on any atom is -0.489 e. The zero-order valence-electron chi connectivity index (χ0n) is 28.0. The van der Waals surface area contributed by atoms with Gasteiger partial charge in [0.15, 0.2) is 11.0 Å². The lowest BCUT2D eigenvalue weighted by Gasteiger charge is -2.23. The molecule has 11 heteroatoms. The maximum atomic E-state index is 12.8. The number of carbonyl (C=O) groups is 2. The molecule has 1 aliphatic heterocycles. The van der Waals surface area contributed by atoms with Gasteiger partial charge in [-0.05, 0) is 65.0 Å². The summed E-state index contributed by atoms with van der Waals surface area (Å²) in [6.07, 6.45) is 6.13. The van der Waals surface area contributed by atoms with E-state index < -0.39 is 11.9 Å². The Bertz CT molecular complexity index is 1870. The Morgan fingerprint density at radius 1 is 0.792 bits per heavy atom. The van der Waals surface area contributed by atoms with Crippen molar-refractivity contribution in [3.8, 4) is 5.75 Å². The highest BCUT2D eigenvalue weighted by molar-refractivity contribution is 6.34. The molecule has 0 amide bonds. The van der Waals surface area contributed by atoms with E-state index >= 15 is 0 Å². The second-order valence-electron chi connectivity index (χ2n) is 10.9. The summed E-state index contributed by atoms with van der Waals surface area (Å²) in [6.45, 7) is 13.2. The number of anilines is 2. The van der Waals surface area contributed by atoms with Crippen LogP contribution in [0.25, 0.3) is 17.1 Å². The molecule has 0 aliphatic carbocycles. The minimum atomic E-state index is -0.464. The number of benzene rings is 3. The van der Waals surface area contributed by atoms with E-state index in [9.17, 15) is 9.59 Å². The maximum Gasteiger partial charge on any atom is 0.339 e. The van der Waals surface area contributed by atoms with Crippen molar-refractivity contribution in [3.05, 3.63) is 99.6 Å². The molecule has 2 heterocycles. The van der Waals surface area contributed by atoms with Crippen molar-refractivity contribution < 1.29 is 28.4 Å². The molecule has 0 saturated heterocycles. The average molecular weight is 693 g/mol. The number of esters is 2.